The molecule has 1 atom stereocenters. The number of thiophene rings is 1. The van der Waals surface area contributed by atoms with Crippen LogP contribution in [-0.2, 0) is 14.8 Å². The molecule has 0 aliphatic carbocycles. The summed E-state index contributed by atoms with van der Waals surface area (Å²) in [4.78, 5) is 13.1. The van der Waals surface area contributed by atoms with Crippen LogP contribution in [-0.4, -0.2) is 45.1 Å². The van der Waals surface area contributed by atoms with Crippen molar-refractivity contribution in [2.75, 3.05) is 19.7 Å². The lowest BCUT2D eigenvalue weighted by atomic mass is 10.3. The molecule has 2 rings (SSSR count). The van der Waals surface area contributed by atoms with Gasteiger partial charge >= 0.3 is 6.09 Å². The molecule has 2 heterocycles. The number of hydrogen-bond donors (Lipinski definition) is 1. The van der Waals surface area contributed by atoms with Crippen molar-refractivity contribution in [2.45, 2.75) is 30.5 Å². The monoisotopic (exact) mass is 352 g/mol. The van der Waals surface area contributed by atoms with Crippen molar-refractivity contribution in [2.24, 2.45) is 0 Å². The number of carbonyl (C=O) groups is 1. The van der Waals surface area contributed by atoms with Gasteiger partial charge in [-0.2, -0.15) is 0 Å². The Morgan fingerprint density at radius 2 is 2.33 bits per heavy atom. The van der Waals surface area contributed by atoms with E-state index in [4.69, 9.17) is 16.3 Å². The van der Waals surface area contributed by atoms with Crippen LogP contribution in [0.15, 0.2) is 10.3 Å². The number of likely N-dealkylation sites (tertiary alicyclic amines) is 1. The number of nitrogens with zero attached hydrogens (tertiary/aromatic N) is 1. The van der Waals surface area contributed by atoms with Crippen LogP contribution in [0, 0.1) is 6.92 Å². The fraction of sp³-hybridized carbons (Fsp3) is 0.583. The van der Waals surface area contributed by atoms with Gasteiger partial charge in [-0.1, -0.05) is 11.6 Å². The summed E-state index contributed by atoms with van der Waals surface area (Å²) in [7, 11) is -3.60. The molecule has 0 aromatic carbocycles. The lowest BCUT2D eigenvalue weighted by molar-refractivity contribution is 0.115. The number of aryl methyl sites for hydroxylation is 1. The van der Waals surface area contributed by atoms with Crippen LogP contribution in [0.3, 0.4) is 0 Å². The standard InChI is InChI=1S/C12H17ClN2O4S2/c1-3-19-12(16)15-5-4-9(7-15)14-21(17,18)10-6-8(2)11(13)20-10/h6,9,14H,3-5,7H2,1-2H3/t9-/m1/s1. The number of nitrogens with one attached hydrogen (secondary N) is 1. The number of halogens is 1. The molecule has 1 aliphatic heterocycles. The van der Waals surface area contributed by atoms with Crippen LogP contribution in [0.5, 0.6) is 0 Å². The molecule has 1 fully saturated rings. The molecule has 1 saturated heterocycles. The third-order valence-corrected chi connectivity index (χ3v) is 6.68. The second-order valence-electron chi connectivity index (χ2n) is 4.77. The molecule has 1 aliphatic rings. The van der Waals surface area contributed by atoms with Gasteiger partial charge in [-0.25, -0.2) is 17.9 Å². The summed E-state index contributed by atoms with van der Waals surface area (Å²) >= 11 is 6.94. The van der Waals surface area contributed by atoms with E-state index in [-0.39, 0.29) is 10.3 Å². The summed E-state index contributed by atoms with van der Waals surface area (Å²) in [5, 5.41) is 0. The Kier molecular flexibility index (Phi) is 5.13. The molecule has 21 heavy (non-hydrogen) atoms. The highest BCUT2D eigenvalue weighted by molar-refractivity contribution is 7.91. The highest BCUT2D eigenvalue weighted by atomic mass is 35.5. The highest BCUT2D eigenvalue weighted by Gasteiger charge is 2.31. The molecule has 6 nitrogen and oxygen atoms in total. The Morgan fingerprint density at radius 1 is 1.62 bits per heavy atom. The molecule has 0 bridgehead atoms. The Balaban J connectivity index is 2.00. The largest absolute Gasteiger partial charge is 0.450 e. The van der Waals surface area contributed by atoms with Gasteiger partial charge in [-0.05, 0) is 31.9 Å². The first kappa shape index (κ1) is 16.5. The SMILES string of the molecule is CCOC(=O)N1CC[C@@H](NS(=O)(=O)c2cc(C)c(Cl)s2)C1. The van der Waals surface area contributed by atoms with Crippen LogP contribution in [0.25, 0.3) is 0 Å². The molecule has 0 unspecified atom stereocenters. The number of hydrogen-bond acceptors (Lipinski definition) is 5. The van der Waals surface area contributed by atoms with E-state index in [2.05, 4.69) is 4.72 Å². The molecule has 0 spiro atoms. The third-order valence-electron chi connectivity index (χ3n) is 3.14. The summed E-state index contributed by atoms with van der Waals surface area (Å²) in [5.41, 5.74) is 0.738. The summed E-state index contributed by atoms with van der Waals surface area (Å²) in [6.07, 6.45) is 0.157. The minimum atomic E-state index is -3.60. The van der Waals surface area contributed by atoms with Gasteiger partial charge < -0.3 is 9.64 Å². The summed E-state index contributed by atoms with van der Waals surface area (Å²) in [5.74, 6) is 0. The van der Waals surface area contributed by atoms with E-state index in [0.29, 0.717) is 30.5 Å². The fourth-order valence-corrected chi connectivity index (χ4v) is 5.06. The van der Waals surface area contributed by atoms with E-state index < -0.39 is 16.1 Å². The van der Waals surface area contributed by atoms with Gasteiger partial charge in [-0.15, -0.1) is 11.3 Å². The lowest BCUT2D eigenvalue weighted by Crippen LogP contribution is -2.38. The van der Waals surface area contributed by atoms with Crippen LogP contribution in [0.1, 0.15) is 18.9 Å². The number of carbonyl (C=O) groups excluding carboxylic acids is 1. The molecular formula is C12H17ClN2O4S2. The summed E-state index contributed by atoms with van der Waals surface area (Å²) in [6.45, 7) is 4.60. The van der Waals surface area contributed by atoms with E-state index in [1.165, 1.54) is 4.90 Å². The van der Waals surface area contributed by atoms with Crippen LogP contribution in [0.4, 0.5) is 4.79 Å². The average Bonchev–Trinajstić information content (AvgIpc) is 2.98. The van der Waals surface area contributed by atoms with E-state index in [1.54, 1.807) is 19.9 Å². The first-order chi connectivity index (χ1) is 9.83. The molecule has 1 amide bonds. The zero-order valence-corrected chi connectivity index (χ0v) is 14.1. The number of sulfonamides is 1. The van der Waals surface area contributed by atoms with Crippen molar-refractivity contribution in [1.29, 1.82) is 0 Å². The first-order valence-corrected chi connectivity index (χ1v) is 9.21. The van der Waals surface area contributed by atoms with Gasteiger partial charge in [0, 0.05) is 19.1 Å². The van der Waals surface area contributed by atoms with Gasteiger partial charge in [0.25, 0.3) is 0 Å². The Labute approximate surface area is 133 Å². The molecule has 1 N–H and O–H groups in total. The predicted octanol–water partition coefficient (Wildman–Crippen LogP) is 2.22. The maximum atomic E-state index is 12.3. The van der Waals surface area contributed by atoms with Crippen molar-refractivity contribution >= 4 is 39.1 Å². The zero-order chi connectivity index (χ0) is 15.6. The second-order valence-corrected chi connectivity index (χ2v) is 8.37. The van der Waals surface area contributed by atoms with E-state index in [0.717, 1.165) is 16.9 Å². The van der Waals surface area contributed by atoms with Crippen LogP contribution >= 0.6 is 22.9 Å². The van der Waals surface area contributed by atoms with Crippen molar-refractivity contribution in [3.63, 3.8) is 0 Å². The quantitative estimate of drug-likeness (QED) is 0.901. The zero-order valence-electron chi connectivity index (χ0n) is 11.8. The molecular weight excluding hydrogens is 336 g/mol. The van der Waals surface area contributed by atoms with E-state index in [9.17, 15) is 13.2 Å². The first-order valence-electron chi connectivity index (χ1n) is 6.53. The molecule has 0 saturated carbocycles. The minimum Gasteiger partial charge on any atom is -0.450 e. The predicted molar refractivity (Wildman–Crippen MR) is 81.4 cm³/mol. The minimum absolute atomic E-state index is 0.194. The maximum Gasteiger partial charge on any atom is 0.409 e. The van der Waals surface area contributed by atoms with E-state index in [1.807, 2.05) is 0 Å². The van der Waals surface area contributed by atoms with Gasteiger partial charge in [0.2, 0.25) is 10.0 Å². The average molecular weight is 353 g/mol. The van der Waals surface area contributed by atoms with Gasteiger partial charge in [-0.3, -0.25) is 0 Å². The molecule has 9 heteroatoms. The van der Waals surface area contributed by atoms with Gasteiger partial charge in [0.05, 0.1) is 10.9 Å². The topological polar surface area (TPSA) is 75.7 Å². The van der Waals surface area contributed by atoms with Gasteiger partial charge in [0.15, 0.2) is 0 Å². The lowest BCUT2D eigenvalue weighted by Gasteiger charge is -2.16. The fourth-order valence-electron chi connectivity index (χ4n) is 2.08. The van der Waals surface area contributed by atoms with Gasteiger partial charge in [0.1, 0.15) is 4.21 Å². The molecule has 118 valence electrons. The van der Waals surface area contributed by atoms with E-state index >= 15 is 0 Å². The summed E-state index contributed by atoms with van der Waals surface area (Å²) in [6, 6.07) is 1.24. The van der Waals surface area contributed by atoms with Crippen LogP contribution in [0.2, 0.25) is 4.34 Å². The Morgan fingerprint density at radius 3 is 2.90 bits per heavy atom. The Hall–Kier alpha value is -0.830. The van der Waals surface area contributed by atoms with Crippen molar-refractivity contribution < 1.29 is 17.9 Å². The highest BCUT2D eigenvalue weighted by Crippen LogP contribution is 2.30. The molecule has 0 radical (unpaired) electrons. The van der Waals surface area contributed by atoms with Crippen molar-refractivity contribution in [3.8, 4) is 0 Å². The third kappa shape index (κ3) is 3.88. The smallest absolute Gasteiger partial charge is 0.409 e. The molecule has 1 aromatic rings. The number of rotatable bonds is 4. The molecule has 1 aromatic heterocycles. The second kappa shape index (κ2) is 6.51. The van der Waals surface area contributed by atoms with Crippen molar-refractivity contribution in [1.82, 2.24) is 9.62 Å². The number of ether oxygens (including phenoxy) is 1. The summed E-state index contributed by atoms with van der Waals surface area (Å²) < 4.78 is 32.7. The maximum absolute atomic E-state index is 12.3. The normalized spacial score (nSPS) is 19.0. The Bertz CT molecular complexity index is 610. The number of amides is 1. The van der Waals surface area contributed by atoms with Crippen LogP contribution < -0.4 is 4.72 Å². The van der Waals surface area contributed by atoms with Crippen molar-refractivity contribution in [3.05, 3.63) is 16.0 Å².